The molecule has 1 aromatic heterocycles. The van der Waals surface area contributed by atoms with Gasteiger partial charge in [-0.25, -0.2) is 0 Å². The van der Waals surface area contributed by atoms with Crippen molar-refractivity contribution >= 4 is 0 Å². The molecule has 0 spiro atoms. The van der Waals surface area contributed by atoms with E-state index in [9.17, 15) is 0 Å². The van der Waals surface area contributed by atoms with Crippen LogP contribution in [0.25, 0.3) is 0 Å². The number of likely N-dealkylation sites (tertiary alicyclic amines) is 1. The summed E-state index contributed by atoms with van der Waals surface area (Å²) in [4.78, 5) is 6.88. The Labute approximate surface area is 142 Å². The van der Waals surface area contributed by atoms with Crippen LogP contribution in [0.3, 0.4) is 0 Å². The molecule has 0 unspecified atom stereocenters. The first-order valence-corrected chi connectivity index (χ1v) is 8.52. The molecule has 6 nitrogen and oxygen atoms in total. The highest BCUT2D eigenvalue weighted by atomic mass is 16.5. The number of hydrogen-bond donors (Lipinski definition) is 0. The largest absolute Gasteiger partial charge is 0.493 e. The van der Waals surface area contributed by atoms with Crippen molar-refractivity contribution in [1.29, 1.82) is 0 Å². The fraction of sp³-hybridized carbons (Fsp3) is 0.556. The maximum absolute atomic E-state index is 5.44. The Hall–Kier alpha value is -2.08. The van der Waals surface area contributed by atoms with Gasteiger partial charge in [-0.15, -0.1) is 0 Å². The van der Waals surface area contributed by atoms with Crippen LogP contribution < -0.4 is 9.47 Å². The minimum atomic E-state index is 0.339. The van der Waals surface area contributed by atoms with E-state index >= 15 is 0 Å². The smallest absolute Gasteiger partial charge is 0.240 e. The average Bonchev–Trinajstić information content (AvgIpc) is 3.24. The highest BCUT2D eigenvalue weighted by Gasteiger charge is 2.28. The van der Waals surface area contributed by atoms with Gasteiger partial charge in [-0.2, -0.15) is 4.98 Å². The fourth-order valence-corrected chi connectivity index (χ4v) is 3.31. The lowest BCUT2D eigenvalue weighted by Crippen LogP contribution is -2.23. The number of hydrogen-bond acceptors (Lipinski definition) is 6. The molecule has 2 aromatic rings. The maximum Gasteiger partial charge on any atom is 0.240 e. The number of rotatable bonds is 7. The summed E-state index contributed by atoms with van der Waals surface area (Å²) in [6.07, 6.45) is 4.17. The SMILES string of the molecule is CCCc1noc(CN2CCC[C@@H]2c2ccc(OC)c(OC)c2)n1. The Bertz CT molecular complexity index is 671. The Morgan fingerprint density at radius 2 is 2.08 bits per heavy atom. The molecule has 3 rings (SSSR count). The Kier molecular flexibility index (Phi) is 5.35. The van der Waals surface area contributed by atoms with Gasteiger partial charge in [-0.1, -0.05) is 18.1 Å². The third kappa shape index (κ3) is 3.53. The molecule has 1 aromatic carbocycles. The summed E-state index contributed by atoms with van der Waals surface area (Å²) in [7, 11) is 3.32. The Morgan fingerprint density at radius 3 is 2.83 bits per heavy atom. The summed E-state index contributed by atoms with van der Waals surface area (Å²) in [5, 5.41) is 4.05. The van der Waals surface area contributed by atoms with Gasteiger partial charge in [-0.3, -0.25) is 4.90 Å². The Morgan fingerprint density at radius 1 is 1.25 bits per heavy atom. The topological polar surface area (TPSA) is 60.6 Å². The quantitative estimate of drug-likeness (QED) is 0.775. The van der Waals surface area contributed by atoms with Crippen LogP contribution in [-0.4, -0.2) is 35.8 Å². The van der Waals surface area contributed by atoms with E-state index in [0.29, 0.717) is 18.5 Å². The summed E-state index contributed by atoms with van der Waals surface area (Å²) >= 11 is 0. The first-order valence-electron chi connectivity index (χ1n) is 8.52. The summed E-state index contributed by atoms with van der Waals surface area (Å²) in [6, 6.07) is 6.49. The van der Waals surface area contributed by atoms with Gasteiger partial charge in [0.15, 0.2) is 17.3 Å². The second-order valence-electron chi connectivity index (χ2n) is 6.10. The van der Waals surface area contributed by atoms with E-state index in [0.717, 1.165) is 49.6 Å². The second kappa shape index (κ2) is 7.66. The third-order valence-corrected chi connectivity index (χ3v) is 4.48. The zero-order valence-corrected chi connectivity index (χ0v) is 14.6. The minimum absolute atomic E-state index is 0.339. The number of aromatic nitrogens is 2. The highest BCUT2D eigenvalue weighted by molar-refractivity contribution is 5.44. The van der Waals surface area contributed by atoms with Gasteiger partial charge in [-0.05, 0) is 43.5 Å². The lowest BCUT2D eigenvalue weighted by Gasteiger charge is -2.23. The monoisotopic (exact) mass is 331 g/mol. The van der Waals surface area contributed by atoms with Crippen LogP contribution in [0, 0.1) is 0 Å². The van der Waals surface area contributed by atoms with Crippen LogP contribution in [0.5, 0.6) is 11.5 Å². The lowest BCUT2D eigenvalue weighted by atomic mass is 10.0. The zero-order valence-electron chi connectivity index (χ0n) is 14.6. The van der Waals surface area contributed by atoms with Crippen molar-refractivity contribution in [3.8, 4) is 11.5 Å². The van der Waals surface area contributed by atoms with Gasteiger partial charge < -0.3 is 14.0 Å². The molecule has 6 heteroatoms. The first-order chi connectivity index (χ1) is 11.7. The van der Waals surface area contributed by atoms with Gasteiger partial charge in [0.1, 0.15) is 0 Å². The van der Waals surface area contributed by atoms with Crippen LogP contribution in [0.2, 0.25) is 0 Å². The molecule has 0 N–H and O–H groups in total. The predicted molar refractivity (Wildman–Crippen MR) is 90.2 cm³/mol. The number of aryl methyl sites for hydroxylation is 1. The summed E-state index contributed by atoms with van der Waals surface area (Å²) < 4.78 is 16.2. The molecule has 1 atom stereocenters. The number of nitrogens with zero attached hydrogens (tertiary/aromatic N) is 3. The van der Waals surface area contributed by atoms with Crippen LogP contribution in [0.4, 0.5) is 0 Å². The molecule has 1 aliphatic heterocycles. The minimum Gasteiger partial charge on any atom is -0.493 e. The van der Waals surface area contributed by atoms with E-state index in [1.165, 1.54) is 5.56 Å². The molecule has 1 aliphatic rings. The van der Waals surface area contributed by atoms with Gasteiger partial charge >= 0.3 is 0 Å². The predicted octanol–water partition coefficient (Wildman–Crippen LogP) is 3.38. The molecule has 0 aliphatic carbocycles. The summed E-state index contributed by atoms with van der Waals surface area (Å²) in [5.41, 5.74) is 1.23. The van der Waals surface area contributed by atoms with E-state index < -0.39 is 0 Å². The molecule has 0 radical (unpaired) electrons. The normalized spacial score (nSPS) is 18.0. The van der Waals surface area contributed by atoms with Crippen LogP contribution in [0.1, 0.15) is 49.5 Å². The summed E-state index contributed by atoms with van der Waals surface area (Å²) in [5.74, 6) is 3.02. The standard InChI is InChI=1S/C18H25N3O3/c1-4-6-17-19-18(24-20-17)12-21-10-5-7-14(21)13-8-9-15(22-2)16(11-13)23-3/h8-9,11,14H,4-7,10,12H2,1-3H3/t14-/m1/s1. The number of benzene rings is 1. The van der Waals surface area contributed by atoms with Crippen LogP contribution >= 0.6 is 0 Å². The Balaban J connectivity index is 1.75. The molecule has 130 valence electrons. The van der Waals surface area contributed by atoms with Crippen molar-refractivity contribution in [3.63, 3.8) is 0 Å². The van der Waals surface area contributed by atoms with Crippen molar-refractivity contribution < 1.29 is 14.0 Å². The molecular formula is C18H25N3O3. The van der Waals surface area contributed by atoms with Gasteiger partial charge in [0.25, 0.3) is 0 Å². The molecule has 0 bridgehead atoms. The lowest BCUT2D eigenvalue weighted by molar-refractivity contribution is 0.212. The maximum atomic E-state index is 5.44. The highest BCUT2D eigenvalue weighted by Crippen LogP contribution is 2.37. The van der Waals surface area contributed by atoms with Gasteiger partial charge in [0.2, 0.25) is 5.89 Å². The van der Waals surface area contributed by atoms with E-state index in [1.54, 1.807) is 14.2 Å². The molecular weight excluding hydrogens is 306 g/mol. The van der Waals surface area contributed by atoms with E-state index in [1.807, 2.05) is 6.07 Å². The molecule has 24 heavy (non-hydrogen) atoms. The molecule has 0 amide bonds. The van der Waals surface area contributed by atoms with Crippen molar-refractivity contribution in [2.45, 2.75) is 45.2 Å². The van der Waals surface area contributed by atoms with Gasteiger partial charge in [0, 0.05) is 12.5 Å². The van der Waals surface area contributed by atoms with Crippen molar-refractivity contribution in [2.75, 3.05) is 20.8 Å². The second-order valence-corrected chi connectivity index (χ2v) is 6.10. The molecule has 1 saturated heterocycles. The van der Waals surface area contributed by atoms with Gasteiger partial charge in [0.05, 0.1) is 20.8 Å². The van der Waals surface area contributed by atoms with E-state index in [2.05, 4.69) is 34.1 Å². The van der Waals surface area contributed by atoms with E-state index in [-0.39, 0.29) is 0 Å². The number of methoxy groups -OCH3 is 2. The fourth-order valence-electron chi connectivity index (χ4n) is 3.31. The third-order valence-electron chi connectivity index (χ3n) is 4.48. The first kappa shape index (κ1) is 16.8. The average molecular weight is 331 g/mol. The van der Waals surface area contributed by atoms with E-state index in [4.69, 9.17) is 14.0 Å². The van der Waals surface area contributed by atoms with Crippen molar-refractivity contribution in [3.05, 3.63) is 35.5 Å². The van der Waals surface area contributed by atoms with Crippen molar-refractivity contribution in [1.82, 2.24) is 15.0 Å². The summed E-state index contributed by atoms with van der Waals surface area (Å²) in [6.45, 7) is 3.84. The van der Waals surface area contributed by atoms with Crippen LogP contribution in [0.15, 0.2) is 22.7 Å². The molecule has 2 heterocycles. The zero-order chi connectivity index (χ0) is 16.9. The number of ether oxygens (including phenoxy) is 2. The van der Waals surface area contributed by atoms with Crippen LogP contribution in [-0.2, 0) is 13.0 Å². The van der Waals surface area contributed by atoms with Crippen molar-refractivity contribution in [2.24, 2.45) is 0 Å². The molecule has 1 fully saturated rings. The molecule has 0 saturated carbocycles.